The Morgan fingerprint density at radius 2 is 1.74 bits per heavy atom. The standard InChI is InChI=1S/C23H24N2O5S/c1-6-29-23(28)18-14(4)19(21(27)24-17-10-8-7-9-12(17)2)31-22(18)25-20(26)16-11-13(3)30-15(16)5/h7-11H,6H2,1-5H3,(H,24,27)(H,25,26). The Morgan fingerprint density at radius 1 is 1.03 bits per heavy atom. The lowest BCUT2D eigenvalue weighted by Crippen LogP contribution is -2.15. The molecule has 2 amide bonds. The van der Waals surface area contributed by atoms with Gasteiger partial charge in [-0.3, -0.25) is 9.59 Å². The molecule has 0 saturated carbocycles. The first kappa shape index (κ1) is 22.3. The zero-order valence-corrected chi connectivity index (χ0v) is 18.9. The van der Waals surface area contributed by atoms with E-state index in [2.05, 4.69) is 10.6 Å². The van der Waals surface area contributed by atoms with Gasteiger partial charge in [0.05, 0.1) is 22.6 Å². The molecule has 0 unspecified atom stereocenters. The fourth-order valence-electron chi connectivity index (χ4n) is 3.19. The summed E-state index contributed by atoms with van der Waals surface area (Å²) >= 11 is 1.03. The number of hydrogen-bond donors (Lipinski definition) is 2. The van der Waals surface area contributed by atoms with Crippen molar-refractivity contribution in [1.82, 2.24) is 0 Å². The van der Waals surface area contributed by atoms with Crippen LogP contribution in [-0.2, 0) is 4.74 Å². The van der Waals surface area contributed by atoms with Gasteiger partial charge in [0.1, 0.15) is 16.5 Å². The van der Waals surface area contributed by atoms with Gasteiger partial charge in [0.15, 0.2) is 0 Å². The summed E-state index contributed by atoms with van der Waals surface area (Å²) in [5.41, 5.74) is 2.57. The first-order valence-corrected chi connectivity index (χ1v) is 10.6. The van der Waals surface area contributed by atoms with E-state index in [0.29, 0.717) is 33.2 Å². The van der Waals surface area contributed by atoms with Crippen LogP contribution in [0.2, 0.25) is 0 Å². The maximum Gasteiger partial charge on any atom is 0.341 e. The van der Waals surface area contributed by atoms with Crippen LogP contribution in [0, 0.1) is 27.7 Å². The van der Waals surface area contributed by atoms with Crippen molar-refractivity contribution in [3.63, 3.8) is 0 Å². The molecule has 31 heavy (non-hydrogen) atoms. The van der Waals surface area contributed by atoms with Crippen LogP contribution in [0.5, 0.6) is 0 Å². The van der Waals surface area contributed by atoms with Crippen molar-refractivity contribution < 1.29 is 23.5 Å². The van der Waals surface area contributed by atoms with E-state index in [4.69, 9.17) is 9.15 Å². The van der Waals surface area contributed by atoms with Crippen molar-refractivity contribution >= 4 is 39.8 Å². The molecular weight excluding hydrogens is 416 g/mol. The van der Waals surface area contributed by atoms with Crippen molar-refractivity contribution in [2.24, 2.45) is 0 Å². The Balaban J connectivity index is 1.97. The average molecular weight is 441 g/mol. The van der Waals surface area contributed by atoms with Crippen LogP contribution in [-0.4, -0.2) is 24.4 Å². The summed E-state index contributed by atoms with van der Waals surface area (Å²) < 4.78 is 10.6. The molecule has 0 spiro atoms. The highest BCUT2D eigenvalue weighted by molar-refractivity contribution is 7.19. The summed E-state index contributed by atoms with van der Waals surface area (Å²) in [6.45, 7) is 8.86. The van der Waals surface area contributed by atoms with Crippen molar-refractivity contribution in [3.05, 3.63) is 69.0 Å². The van der Waals surface area contributed by atoms with E-state index in [1.165, 1.54) is 0 Å². The smallest absolute Gasteiger partial charge is 0.341 e. The molecule has 2 heterocycles. The minimum absolute atomic E-state index is 0.173. The molecule has 2 aromatic heterocycles. The highest BCUT2D eigenvalue weighted by atomic mass is 32.1. The lowest BCUT2D eigenvalue weighted by Gasteiger charge is -2.07. The minimum Gasteiger partial charge on any atom is -0.466 e. The number of aryl methyl sites for hydroxylation is 3. The van der Waals surface area contributed by atoms with Crippen molar-refractivity contribution in [2.45, 2.75) is 34.6 Å². The SMILES string of the molecule is CCOC(=O)c1c(NC(=O)c2cc(C)oc2C)sc(C(=O)Nc2ccccc2C)c1C. The molecule has 0 fully saturated rings. The molecule has 2 N–H and O–H groups in total. The predicted molar refractivity (Wildman–Crippen MR) is 120 cm³/mol. The number of furan rings is 1. The topological polar surface area (TPSA) is 97.6 Å². The average Bonchev–Trinajstić information content (AvgIpc) is 3.22. The minimum atomic E-state index is -0.596. The number of nitrogens with one attached hydrogen (secondary N) is 2. The third kappa shape index (κ3) is 4.69. The molecule has 8 heteroatoms. The highest BCUT2D eigenvalue weighted by Gasteiger charge is 2.27. The normalized spacial score (nSPS) is 10.6. The molecule has 0 atom stereocenters. The monoisotopic (exact) mass is 440 g/mol. The number of carbonyl (C=O) groups is 3. The molecule has 0 aliphatic carbocycles. The van der Waals surface area contributed by atoms with Gasteiger partial charge in [-0.25, -0.2) is 4.79 Å². The second-order valence-electron chi connectivity index (χ2n) is 7.03. The van der Waals surface area contributed by atoms with Gasteiger partial charge in [-0.2, -0.15) is 0 Å². The number of carbonyl (C=O) groups excluding carboxylic acids is 3. The summed E-state index contributed by atoms with van der Waals surface area (Å²) in [6.07, 6.45) is 0. The Morgan fingerprint density at radius 3 is 2.35 bits per heavy atom. The van der Waals surface area contributed by atoms with E-state index in [9.17, 15) is 14.4 Å². The van der Waals surface area contributed by atoms with E-state index in [1.807, 2.05) is 25.1 Å². The zero-order valence-electron chi connectivity index (χ0n) is 18.0. The lowest BCUT2D eigenvalue weighted by atomic mass is 10.1. The third-order valence-corrected chi connectivity index (χ3v) is 5.94. The number of para-hydroxylation sites is 1. The van der Waals surface area contributed by atoms with Crippen LogP contribution in [0.3, 0.4) is 0 Å². The van der Waals surface area contributed by atoms with Gasteiger partial charge in [-0.15, -0.1) is 11.3 Å². The van der Waals surface area contributed by atoms with Crippen LogP contribution in [0.1, 0.15) is 60.0 Å². The van der Waals surface area contributed by atoms with E-state index < -0.39 is 11.9 Å². The zero-order chi connectivity index (χ0) is 22.7. The number of esters is 1. The summed E-state index contributed by atoms with van der Waals surface area (Å²) in [7, 11) is 0. The molecule has 0 bridgehead atoms. The number of thiophene rings is 1. The van der Waals surface area contributed by atoms with Crippen molar-refractivity contribution in [3.8, 4) is 0 Å². The second kappa shape index (κ2) is 9.18. The van der Waals surface area contributed by atoms with Gasteiger partial charge in [0, 0.05) is 5.69 Å². The van der Waals surface area contributed by atoms with Gasteiger partial charge in [-0.05, 0) is 57.9 Å². The summed E-state index contributed by atoms with van der Waals surface area (Å²) in [4.78, 5) is 38.7. The largest absolute Gasteiger partial charge is 0.466 e. The molecule has 3 aromatic rings. The second-order valence-corrected chi connectivity index (χ2v) is 8.05. The Kier molecular flexibility index (Phi) is 6.60. The predicted octanol–water partition coefficient (Wildman–Crippen LogP) is 5.26. The molecule has 0 aliphatic heterocycles. The molecule has 1 aromatic carbocycles. The molecule has 0 aliphatic rings. The maximum atomic E-state index is 13.0. The third-order valence-electron chi connectivity index (χ3n) is 4.74. The molecule has 3 rings (SSSR count). The van der Waals surface area contributed by atoms with E-state index in [0.717, 1.165) is 16.9 Å². The van der Waals surface area contributed by atoms with E-state index >= 15 is 0 Å². The van der Waals surface area contributed by atoms with Gasteiger partial charge in [-0.1, -0.05) is 18.2 Å². The van der Waals surface area contributed by atoms with Gasteiger partial charge >= 0.3 is 5.97 Å². The summed E-state index contributed by atoms with van der Waals surface area (Å²) in [5, 5.41) is 5.88. The molecule has 0 radical (unpaired) electrons. The highest BCUT2D eigenvalue weighted by Crippen LogP contribution is 2.35. The summed E-state index contributed by atoms with van der Waals surface area (Å²) in [5.74, 6) is -0.306. The van der Waals surface area contributed by atoms with E-state index in [1.54, 1.807) is 39.8 Å². The van der Waals surface area contributed by atoms with Crippen LogP contribution >= 0.6 is 11.3 Å². The van der Waals surface area contributed by atoms with Crippen molar-refractivity contribution in [2.75, 3.05) is 17.2 Å². The molecule has 7 nitrogen and oxygen atoms in total. The Labute approximate surface area is 184 Å². The van der Waals surface area contributed by atoms with E-state index in [-0.39, 0.29) is 23.1 Å². The number of anilines is 2. The quantitative estimate of drug-likeness (QED) is 0.510. The maximum absolute atomic E-state index is 13.0. The van der Waals surface area contributed by atoms with Crippen molar-refractivity contribution in [1.29, 1.82) is 0 Å². The fourth-order valence-corrected chi connectivity index (χ4v) is 4.27. The van der Waals surface area contributed by atoms with Gasteiger partial charge in [0.2, 0.25) is 0 Å². The van der Waals surface area contributed by atoms with Crippen LogP contribution in [0.15, 0.2) is 34.7 Å². The lowest BCUT2D eigenvalue weighted by molar-refractivity contribution is 0.0527. The number of amides is 2. The van der Waals surface area contributed by atoms with Crippen LogP contribution in [0.25, 0.3) is 0 Å². The molecule has 162 valence electrons. The summed E-state index contributed by atoms with van der Waals surface area (Å²) in [6, 6.07) is 9.03. The molecule has 0 saturated heterocycles. The first-order valence-electron chi connectivity index (χ1n) is 9.78. The van der Waals surface area contributed by atoms with Crippen LogP contribution < -0.4 is 10.6 Å². The number of ether oxygens (including phenoxy) is 1. The number of hydrogen-bond acceptors (Lipinski definition) is 6. The Hall–Kier alpha value is -3.39. The molecular formula is C23H24N2O5S. The fraction of sp³-hybridized carbons (Fsp3) is 0.261. The van der Waals surface area contributed by atoms with Gasteiger partial charge < -0.3 is 19.8 Å². The van der Waals surface area contributed by atoms with Gasteiger partial charge in [0.25, 0.3) is 11.8 Å². The first-order chi connectivity index (χ1) is 14.7. The van der Waals surface area contributed by atoms with Crippen LogP contribution in [0.4, 0.5) is 10.7 Å². The number of benzene rings is 1. The Bertz CT molecular complexity index is 1160. The number of rotatable bonds is 6.